The zero-order valence-corrected chi connectivity index (χ0v) is 8.35. The first-order valence-electron chi connectivity index (χ1n) is 4.55. The Balaban J connectivity index is 1.91. The second kappa shape index (κ2) is 6.71. The number of nitrogens with one attached hydrogen (secondary N) is 1. The van der Waals surface area contributed by atoms with Crippen molar-refractivity contribution in [1.29, 1.82) is 0 Å². The van der Waals surface area contributed by atoms with Gasteiger partial charge in [-0.1, -0.05) is 0 Å². The van der Waals surface area contributed by atoms with Crippen molar-refractivity contribution in [2.24, 2.45) is 0 Å². The SMILES string of the molecule is SCCOCCN1CCNCC1. The van der Waals surface area contributed by atoms with E-state index in [2.05, 4.69) is 22.8 Å². The molecule has 0 atom stereocenters. The average Bonchev–Trinajstić information content (AvgIpc) is 2.14. The standard InChI is InChI=1S/C8H18N2OS/c12-8-7-11-6-5-10-3-1-9-2-4-10/h9,12H,1-8H2. The van der Waals surface area contributed by atoms with Crippen LogP contribution in [0.2, 0.25) is 0 Å². The minimum Gasteiger partial charge on any atom is -0.379 e. The maximum absolute atomic E-state index is 5.35. The molecular formula is C8H18N2OS. The number of rotatable bonds is 5. The third-order valence-electron chi connectivity index (χ3n) is 2.00. The van der Waals surface area contributed by atoms with Crippen molar-refractivity contribution in [3.63, 3.8) is 0 Å². The molecule has 0 bridgehead atoms. The van der Waals surface area contributed by atoms with Crippen LogP contribution in [0.15, 0.2) is 0 Å². The van der Waals surface area contributed by atoms with Gasteiger partial charge in [0.2, 0.25) is 0 Å². The predicted octanol–water partition coefficient (Wildman–Crippen LogP) is -0.162. The number of nitrogens with zero attached hydrogens (tertiary/aromatic N) is 1. The highest BCUT2D eigenvalue weighted by Crippen LogP contribution is 1.91. The molecule has 0 aromatic rings. The van der Waals surface area contributed by atoms with Crippen LogP contribution in [-0.4, -0.2) is 56.6 Å². The lowest BCUT2D eigenvalue weighted by Gasteiger charge is -2.26. The summed E-state index contributed by atoms with van der Waals surface area (Å²) in [6.07, 6.45) is 0. The average molecular weight is 190 g/mol. The van der Waals surface area contributed by atoms with E-state index in [1.54, 1.807) is 0 Å². The Bertz CT molecular complexity index is 107. The molecule has 1 aliphatic heterocycles. The minimum atomic E-state index is 0.773. The summed E-state index contributed by atoms with van der Waals surface area (Å²) in [5, 5.41) is 3.32. The topological polar surface area (TPSA) is 24.5 Å². The zero-order valence-electron chi connectivity index (χ0n) is 7.46. The van der Waals surface area contributed by atoms with Gasteiger partial charge in [-0.25, -0.2) is 0 Å². The number of piperazine rings is 1. The van der Waals surface area contributed by atoms with Gasteiger partial charge in [0, 0.05) is 38.5 Å². The van der Waals surface area contributed by atoms with Crippen LogP contribution < -0.4 is 5.32 Å². The molecule has 0 aromatic heterocycles. The molecule has 0 radical (unpaired) electrons. The summed E-state index contributed by atoms with van der Waals surface area (Å²) >= 11 is 4.07. The van der Waals surface area contributed by atoms with Crippen molar-refractivity contribution in [1.82, 2.24) is 10.2 Å². The lowest BCUT2D eigenvalue weighted by Crippen LogP contribution is -2.44. The Kier molecular flexibility index (Phi) is 5.77. The van der Waals surface area contributed by atoms with Crippen LogP contribution in [0.4, 0.5) is 0 Å². The molecule has 0 unspecified atom stereocenters. The zero-order chi connectivity index (χ0) is 8.65. The number of ether oxygens (including phenoxy) is 1. The molecule has 1 N–H and O–H groups in total. The summed E-state index contributed by atoms with van der Waals surface area (Å²) in [6, 6.07) is 0. The summed E-state index contributed by atoms with van der Waals surface area (Å²) in [7, 11) is 0. The van der Waals surface area contributed by atoms with Crippen molar-refractivity contribution in [3.05, 3.63) is 0 Å². The predicted molar refractivity (Wildman–Crippen MR) is 54.0 cm³/mol. The van der Waals surface area contributed by atoms with Crippen LogP contribution in [-0.2, 0) is 4.74 Å². The van der Waals surface area contributed by atoms with E-state index in [1.165, 1.54) is 0 Å². The normalized spacial score (nSPS) is 19.8. The summed E-state index contributed by atoms with van der Waals surface area (Å²) in [6.45, 7) is 7.23. The highest BCUT2D eigenvalue weighted by atomic mass is 32.1. The molecule has 1 heterocycles. The lowest BCUT2D eigenvalue weighted by atomic mass is 10.4. The van der Waals surface area contributed by atoms with Crippen LogP contribution in [0.1, 0.15) is 0 Å². The Labute approximate surface area is 79.9 Å². The third-order valence-corrected chi connectivity index (χ3v) is 2.18. The van der Waals surface area contributed by atoms with Gasteiger partial charge in [0.1, 0.15) is 0 Å². The molecule has 0 aliphatic carbocycles. The van der Waals surface area contributed by atoms with Gasteiger partial charge in [-0.2, -0.15) is 12.6 Å². The molecule has 1 fully saturated rings. The van der Waals surface area contributed by atoms with E-state index in [1.807, 2.05) is 0 Å². The van der Waals surface area contributed by atoms with Gasteiger partial charge in [-0.3, -0.25) is 4.90 Å². The van der Waals surface area contributed by atoms with E-state index in [0.29, 0.717) is 0 Å². The number of hydrogen-bond donors (Lipinski definition) is 2. The highest BCUT2D eigenvalue weighted by molar-refractivity contribution is 7.80. The molecule has 1 aliphatic rings. The Hall–Kier alpha value is 0.230. The van der Waals surface area contributed by atoms with E-state index < -0.39 is 0 Å². The van der Waals surface area contributed by atoms with Crippen molar-refractivity contribution in [2.75, 3.05) is 51.7 Å². The van der Waals surface area contributed by atoms with Gasteiger partial charge in [0.25, 0.3) is 0 Å². The van der Waals surface area contributed by atoms with E-state index in [9.17, 15) is 0 Å². The monoisotopic (exact) mass is 190 g/mol. The summed E-state index contributed by atoms with van der Waals surface area (Å²) in [4.78, 5) is 2.43. The fourth-order valence-corrected chi connectivity index (χ4v) is 1.42. The smallest absolute Gasteiger partial charge is 0.0593 e. The molecule has 1 rings (SSSR count). The Morgan fingerprint density at radius 2 is 2.00 bits per heavy atom. The van der Waals surface area contributed by atoms with Gasteiger partial charge < -0.3 is 10.1 Å². The van der Waals surface area contributed by atoms with Gasteiger partial charge in [-0.15, -0.1) is 0 Å². The van der Waals surface area contributed by atoms with E-state index in [4.69, 9.17) is 4.74 Å². The van der Waals surface area contributed by atoms with Crippen molar-refractivity contribution >= 4 is 12.6 Å². The second-order valence-electron chi connectivity index (χ2n) is 2.93. The maximum Gasteiger partial charge on any atom is 0.0593 e. The molecular weight excluding hydrogens is 172 g/mol. The summed E-state index contributed by atoms with van der Waals surface area (Å²) in [5.41, 5.74) is 0. The molecule has 3 nitrogen and oxygen atoms in total. The molecule has 4 heteroatoms. The van der Waals surface area contributed by atoms with Crippen molar-refractivity contribution in [2.45, 2.75) is 0 Å². The van der Waals surface area contributed by atoms with Crippen LogP contribution in [0.5, 0.6) is 0 Å². The van der Waals surface area contributed by atoms with Crippen molar-refractivity contribution in [3.8, 4) is 0 Å². The summed E-state index contributed by atoms with van der Waals surface area (Å²) < 4.78 is 5.35. The first-order valence-corrected chi connectivity index (χ1v) is 5.18. The first kappa shape index (κ1) is 10.3. The molecule has 0 saturated carbocycles. The third kappa shape index (κ3) is 4.30. The van der Waals surface area contributed by atoms with Crippen molar-refractivity contribution < 1.29 is 4.74 Å². The minimum absolute atomic E-state index is 0.773. The largest absolute Gasteiger partial charge is 0.379 e. The summed E-state index contributed by atoms with van der Waals surface area (Å²) in [5.74, 6) is 0.821. The molecule has 0 spiro atoms. The number of thiol groups is 1. The maximum atomic E-state index is 5.35. The molecule has 1 saturated heterocycles. The van der Waals surface area contributed by atoms with Crippen LogP contribution in [0.3, 0.4) is 0 Å². The van der Waals surface area contributed by atoms with E-state index in [0.717, 1.165) is 51.7 Å². The fraction of sp³-hybridized carbons (Fsp3) is 1.00. The van der Waals surface area contributed by atoms with Crippen LogP contribution in [0.25, 0.3) is 0 Å². The van der Waals surface area contributed by atoms with E-state index in [-0.39, 0.29) is 0 Å². The molecule has 0 aromatic carbocycles. The second-order valence-corrected chi connectivity index (χ2v) is 3.37. The number of hydrogen-bond acceptors (Lipinski definition) is 4. The van der Waals surface area contributed by atoms with Gasteiger partial charge in [-0.05, 0) is 0 Å². The molecule has 72 valence electrons. The molecule has 12 heavy (non-hydrogen) atoms. The van der Waals surface area contributed by atoms with Gasteiger partial charge >= 0.3 is 0 Å². The Morgan fingerprint density at radius 1 is 1.25 bits per heavy atom. The first-order chi connectivity index (χ1) is 5.93. The fourth-order valence-electron chi connectivity index (χ4n) is 1.30. The molecule has 0 amide bonds. The Morgan fingerprint density at radius 3 is 2.67 bits per heavy atom. The lowest BCUT2D eigenvalue weighted by molar-refractivity contribution is 0.110. The van der Waals surface area contributed by atoms with Crippen LogP contribution in [0, 0.1) is 0 Å². The quantitative estimate of drug-likeness (QED) is 0.465. The highest BCUT2D eigenvalue weighted by Gasteiger charge is 2.07. The van der Waals surface area contributed by atoms with Gasteiger partial charge in [0.05, 0.1) is 13.2 Å². The van der Waals surface area contributed by atoms with Crippen LogP contribution >= 0.6 is 12.6 Å². The van der Waals surface area contributed by atoms with E-state index >= 15 is 0 Å². The van der Waals surface area contributed by atoms with Gasteiger partial charge in [0.15, 0.2) is 0 Å².